The van der Waals surface area contributed by atoms with Crippen LogP contribution in [0.3, 0.4) is 0 Å². The van der Waals surface area contributed by atoms with Gasteiger partial charge >= 0.3 is 0 Å². The molecular formula is C25H25N3OS. The molecule has 0 aliphatic rings. The zero-order chi connectivity index (χ0) is 21.3. The highest BCUT2D eigenvalue weighted by Crippen LogP contribution is 2.35. The third-order valence-electron chi connectivity index (χ3n) is 5.34. The van der Waals surface area contributed by atoms with Crippen LogP contribution < -0.4 is 0 Å². The number of thioether (sulfide) groups is 1. The van der Waals surface area contributed by atoms with E-state index >= 15 is 0 Å². The summed E-state index contributed by atoms with van der Waals surface area (Å²) in [6, 6.07) is 20.6. The van der Waals surface area contributed by atoms with E-state index in [2.05, 4.69) is 31.2 Å². The lowest BCUT2D eigenvalue weighted by Crippen LogP contribution is -2.12. The third-order valence-corrected chi connectivity index (χ3v) is 6.67. The van der Waals surface area contributed by atoms with Gasteiger partial charge in [0.25, 0.3) is 0 Å². The second-order valence-corrected chi connectivity index (χ2v) is 8.91. The lowest BCUT2D eigenvalue weighted by molar-refractivity contribution is -0.116. The Morgan fingerprint density at radius 3 is 2.27 bits per heavy atom. The quantitative estimate of drug-likeness (QED) is 0.300. The number of aromatic nitrogens is 3. The number of rotatable bonds is 6. The van der Waals surface area contributed by atoms with Crippen LogP contribution in [-0.4, -0.2) is 25.6 Å². The number of nitrogens with zero attached hydrogens (tertiary/aromatic N) is 3. The van der Waals surface area contributed by atoms with Crippen molar-refractivity contribution in [2.45, 2.75) is 44.4 Å². The third kappa shape index (κ3) is 3.90. The molecule has 1 atom stereocenters. The van der Waals surface area contributed by atoms with E-state index in [-0.39, 0.29) is 11.0 Å². The highest BCUT2D eigenvalue weighted by atomic mass is 32.2. The molecule has 4 aromatic rings. The summed E-state index contributed by atoms with van der Waals surface area (Å²) in [5.74, 6) is 0.153. The lowest BCUT2D eigenvalue weighted by Gasteiger charge is -2.16. The second-order valence-electron chi connectivity index (χ2n) is 7.58. The van der Waals surface area contributed by atoms with Crippen LogP contribution in [0.5, 0.6) is 0 Å². The zero-order valence-corrected chi connectivity index (χ0v) is 18.5. The minimum absolute atomic E-state index is 0.153. The summed E-state index contributed by atoms with van der Waals surface area (Å²) in [5.41, 5.74) is 7.22. The molecule has 0 bridgehead atoms. The summed E-state index contributed by atoms with van der Waals surface area (Å²) in [7, 11) is 0. The topological polar surface area (TPSA) is 47.3 Å². The van der Waals surface area contributed by atoms with Crippen molar-refractivity contribution in [1.82, 2.24) is 14.6 Å². The van der Waals surface area contributed by atoms with Crippen LogP contribution in [0.15, 0.2) is 65.7 Å². The molecule has 5 heteroatoms. The standard InChI is InChI=1S/C25H25N3OS/c1-16-22(15-20-11-7-5-8-12-20)25(30-19(4)18(3)29)28-24(26-16)23(17(2)27-28)21-13-9-6-10-14-21/h5-14,19H,15H2,1-4H3/t19-/m0/s1. The number of hydrogen-bond acceptors (Lipinski definition) is 4. The molecule has 4 rings (SSSR count). The summed E-state index contributed by atoms with van der Waals surface area (Å²) >= 11 is 1.57. The first-order valence-corrected chi connectivity index (χ1v) is 11.0. The maximum absolute atomic E-state index is 12.1. The van der Waals surface area contributed by atoms with Gasteiger partial charge in [-0.3, -0.25) is 4.79 Å². The first-order chi connectivity index (χ1) is 14.5. The highest BCUT2D eigenvalue weighted by Gasteiger charge is 2.23. The normalized spacial score (nSPS) is 12.3. The molecule has 2 heterocycles. The first kappa shape index (κ1) is 20.4. The predicted molar refractivity (Wildman–Crippen MR) is 123 cm³/mol. The van der Waals surface area contributed by atoms with Crippen LogP contribution in [0.1, 0.15) is 36.4 Å². The molecule has 4 nitrogen and oxygen atoms in total. The van der Waals surface area contributed by atoms with Crippen molar-refractivity contribution < 1.29 is 4.79 Å². The summed E-state index contributed by atoms with van der Waals surface area (Å²) in [6.07, 6.45) is 0.752. The van der Waals surface area contributed by atoms with Crippen LogP contribution in [0.4, 0.5) is 0 Å². The SMILES string of the molecule is CC(=O)[C@H](C)Sc1c(Cc2ccccc2)c(C)nc2c(-c3ccccc3)c(C)nn12. The van der Waals surface area contributed by atoms with Gasteiger partial charge in [-0.2, -0.15) is 5.10 Å². The number of ketones is 1. The molecule has 30 heavy (non-hydrogen) atoms. The average Bonchev–Trinajstić information content (AvgIpc) is 3.07. The Morgan fingerprint density at radius 1 is 1.00 bits per heavy atom. The summed E-state index contributed by atoms with van der Waals surface area (Å²) in [5, 5.41) is 5.70. The maximum Gasteiger partial charge on any atom is 0.164 e. The van der Waals surface area contributed by atoms with Crippen LogP contribution in [0.25, 0.3) is 16.8 Å². The Labute approximate surface area is 181 Å². The highest BCUT2D eigenvalue weighted by molar-refractivity contribution is 8.00. The fraction of sp³-hybridized carbons (Fsp3) is 0.240. The van der Waals surface area contributed by atoms with Crippen LogP contribution in [0, 0.1) is 13.8 Å². The molecule has 0 fully saturated rings. The maximum atomic E-state index is 12.1. The van der Waals surface area contributed by atoms with E-state index < -0.39 is 0 Å². The van der Waals surface area contributed by atoms with Crippen molar-refractivity contribution >= 4 is 23.2 Å². The molecule has 0 saturated heterocycles. The number of benzene rings is 2. The van der Waals surface area contributed by atoms with E-state index in [4.69, 9.17) is 10.1 Å². The number of carbonyl (C=O) groups is 1. The van der Waals surface area contributed by atoms with Crippen molar-refractivity contribution in [2.24, 2.45) is 0 Å². The Hall–Kier alpha value is -2.92. The van der Waals surface area contributed by atoms with Crippen molar-refractivity contribution in [3.63, 3.8) is 0 Å². The lowest BCUT2D eigenvalue weighted by atomic mass is 10.0. The molecule has 0 aliphatic heterocycles. The number of hydrogen-bond donors (Lipinski definition) is 0. The smallest absolute Gasteiger partial charge is 0.164 e. The number of carbonyl (C=O) groups excluding carboxylic acids is 1. The Kier molecular flexibility index (Phi) is 5.73. The Morgan fingerprint density at radius 2 is 1.63 bits per heavy atom. The Bertz CT molecular complexity index is 1200. The average molecular weight is 416 g/mol. The summed E-state index contributed by atoms with van der Waals surface area (Å²) < 4.78 is 1.94. The number of Topliss-reactive ketones (excluding diaryl/α,β-unsaturated/α-hetero) is 1. The van der Waals surface area contributed by atoms with Gasteiger partial charge in [0, 0.05) is 23.2 Å². The second kappa shape index (κ2) is 8.44. The van der Waals surface area contributed by atoms with Crippen LogP contribution in [0.2, 0.25) is 0 Å². The predicted octanol–water partition coefficient (Wildman–Crippen LogP) is 5.67. The molecule has 0 aliphatic carbocycles. The van der Waals surface area contributed by atoms with Crippen LogP contribution >= 0.6 is 11.8 Å². The van der Waals surface area contributed by atoms with Gasteiger partial charge in [0.15, 0.2) is 5.65 Å². The van der Waals surface area contributed by atoms with E-state index in [1.54, 1.807) is 18.7 Å². The molecule has 0 radical (unpaired) electrons. The monoisotopic (exact) mass is 415 g/mol. The van der Waals surface area contributed by atoms with E-state index in [9.17, 15) is 4.79 Å². The molecule has 2 aromatic carbocycles. The largest absolute Gasteiger partial charge is 0.299 e. The van der Waals surface area contributed by atoms with Gasteiger partial charge in [0.2, 0.25) is 0 Å². The molecular weight excluding hydrogens is 390 g/mol. The minimum Gasteiger partial charge on any atom is -0.299 e. The first-order valence-electron chi connectivity index (χ1n) is 10.1. The number of fused-ring (bicyclic) bond motifs is 1. The van der Waals surface area contributed by atoms with Gasteiger partial charge in [0.05, 0.1) is 10.9 Å². The summed E-state index contributed by atoms with van der Waals surface area (Å²) in [6.45, 7) is 7.67. The molecule has 0 amide bonds. The summed E-state index contributed by atoms with van der Waals surface area (Å²) in [4.78, 5) is 17.1. The number of aryl methyl sites for hydroxylation is 2. The van der Waals surface area contributed by atoms with Crippen molar-refractivity contribution in [3.8, 4) is 11.1 Å². The molecule has 0 spiro atoms. The van der Waals surface area contributed by atoms with Gasteiger partial charge in [0.1, 0.15) is 10.8 Å². The van der Waals surface area contributed by atoms with E-state index in [1.807, 2.05) is 54.8 Å². The van der Waals surface area contributed by atoms with Crippen molar-refractivity contribution in [2.75, 3.05) is 0 Å². The van der Waals surface area contributed by atoms with Gasteiger partial charge in [-0.05, 0) is 38.8 Å². The fourth-order valence-corrected chi connectivity index (χ4v) is 4.68. The van der Waals surface area contributed by atoms with Crippen molar-refractivity contribution in [3.05, 3.63) is 83.2 Å². The van der Waals surface area contributed by atoms with E-state index in [0.29, 0.717) is 0 Å². The molecule has 0 saturated carbocycles. The molecule has 0 N–H and O–H groups in total. The molecule has 0 unspecified atom stereocenters. The Balaban J connectivity index is 1.95. The van der Waals surface area contributed by atoms with Gasteiger partial charge in [-0.25, -0.2) is 9.50 Å². The van der Waals surface area contributed by atoms with Gasteiger partial charge in [-0.15, -0.1) is 0 Å². The van der Waals surface area contributed by atoms with Gasteiger partial charge < -0.3 is 0 Å². The van der Waals surface area contributed by atoms with Crippen LogP contribution in [-0.2, 0) is 11.2 Å². The minimum atomic E-state index is -0.158. The zero-order valence-electron chi connectivity index (χ0n) is 17.7. The van der Waals surface area contributed by atoms with Crippen molar-refractivity contribution in [1.29, 1.82) is 0 Å². The van der Waals surface area contributed by atoms with E-state index in [0.717, 1.165) is 45.2 Å². The van der Waals surface area contributed by atoms with E-state index in [1.165, 1.54) is 5.56 Å². The molecule has 152 valence electrons. The fourth-order valence-electron chi connectivity index (χ4n) is 3.59. The van der Waals surface area contributed by atoms with Gasteiger partial charge in [-0.1, -0.05) is 72.4 Å². The molecule has 2 aromatic heterocycles.